The van der Waals surface area contributed by atoms with Crippen molar-refractivity contribution in [1.29, 1.82) is 0 Å². The standard InChI is InChI=1S/C20H21ClO3/c1-13(2)14-4-6-15(7-5-14)18(20(23)24-3)12-19(22)16-8-10-17(21)11-9-16/h4-11,13,18H,12H2,1-3H3/t18-/m0/s1. The predicted molar refractivity (Wildman–Crippen MR) is 95.7 cm³/mol. The van der Waals surface area contributed by atoms with Gasteiger partial charge in [0.25, 0.3) is 0 Å². The Balaban J connectivity index is 2.23. The number of rotatable bonds is 6. The summed E-state index contributed by atoms with van der Waals surface area (Å²) in [6, 6.07) is 14.4. The van der Waals surface area contributed by atoms with Crippen LogP contribution in [0, 0.1) is 0 Å². The minimum atomic E-state index is -0.612. The van der Waals surface area contributed by atoms with E-state index in [1.54, 1.807) is 24.3 Å². The molecule has 0 saturated heterocycles. The van der Waals surface area contributed by atoms with E-state index in [1.807, 2.05) is 24.3 Å². The predicted octanol–water partition coefficient (Wildman–Crippen LogP) is 4.99. The minimum Gasteiger partial charge on any atom is -0.469 e. The molecule has 0 heterocycles. The molecule has 0 aliphatic carbocycles. The van der Waals surface area contributed by atoms with Crippen LogP contribution in [0.4, 0.5) is 0 Å². The van der Waals surface area contributed by atoms with Gasteiger partial charge in [-0.25, -0.2) is 0 Å². The maximum Gasteiger partial charge on any atom is 0.313 e. The molecule has 126 valence electrons. The van der Waals surface area contributed by atoms with E-state index in [1.165, 1.54) is 12.7 Å². The monoisotopic (exact) mass is 344 g/mol. The van der Waals surface area contributed by atoms with E-state index in [2.05, 4.69) is 13.8 Å². The summed E-state index contributed by atoms with van der Waals surface area (Å²) in [6.07, 6.45) is 0.0648. The highest BCUT2D eigenvalue weighted by Gasteiger charge is 2.25. The lowest BCUT2D eigenvalue weighted by atomic mass is 9.90. The van der Waals surface area contributed by atoms with Crippen molar-refractivity contribution in [2.24, 2.45) is 0 Å². The summed E-state index contributed by atoms with van der Waals surface area (Å²) >= 11 is 5.85. The Labute approximate surface area is 147 Å². The number of hydrogen-bond acceptors (Lipinski definition) is 3. The molecule has 4 heteroatoms. The molecule has 24 heavy (non-hydrogen) atoms. The lowest BCUT2D eigenvalue weighted by molar-refractivity contribution is -0.142. The molecule has 0 radical (unpaired) electrons. The van der Waals surface area contributed by atoms with Crippen molar-refractivity contribution in [3.63, 3.8) is 0 Å². The highest BCUT2D eigenvalue weighted by Crippen LogP contribution is 2.26. The van der Waals surface area contributed by atoms with Crippen LogP contribution in [0.1, 0.15) is 53.6 Å². The summed E-state index contributed by atoms with van der Waals surface area (Å²) < 4.78 is 4.89. The second kappa shape index (κ2) is 8.11. The lowest BCUT2D eigenvalue weighted by Crippen LogP contribution is -2.18. The van der Waals surface area contributed by atoms with Crippen LogP contribution in [-0.4, -0.2) is 18.9 Å². The van der Waals surface area contributed by atoms with Crippen LogP contribution in [0.3, 0.4) is 0 Å². The number of ketones is 1. The molecule has 2 rings (SSSR count). The fourth-order valence-electron chi connectivity index (χ4n) is 2.53. The average molecular weight is 345 g/mol. The Morgan fingerprint density at radius 1 is 0.958 bits per heavy atom. The van der Waals surface area contributed by atoms with Gasteiger partial charge >= 0.3 is 5.97 Å². The number of halogens is 1. The summed E-state index contributed by atoms with van der Waals surface area (Å²) in [7, 11) is 1.34. The third-order valence-electron chi connectivity index (χ3n) is 4.05. The van der Waals surface area contributed by atoms with Gasteiger partial charge in [-0.3, -0.25) is 9.59 Å². The number of carbonyl (C=O) groups is 2. The van der Waals surface area contributed by atoms with Crippen LogP contribution in [0.5, 0.6) is 0 Å². The van der Waals surface area contributed by atoms with Crippen molar-refractivity contribution in [1.82, 2.24) is 0 Å². The van der Waals surface area contributed by atoms with Crippen molar-refractivity contribution in [2.75, 3.05) is 7.11 Å². The molecule has 0 fully saturated rings. The highest BCUT2D eigenvalue weighted by molar-refractivity contribution is 6.30. The number of esters is 1. The van der Waals surface area contributed by atoms with Gasteiger partial charge in [0.2, 0.25) is 0 Å². The van der Waals surface area contributed by atoms with Crippen LogP contribution in [-0.2, 0) is 9.53 Å². The van der Waals surface area contributed by atoms with Gasteiger partial charge in [0.1, 0.15) is 0 Å². The second-order valence-corrected chi connectivity index (χ2v) is 6.47. The minimum absolute atomic E-state index is 0.0648. The van der Waals surface area contributed by atoms with Crippen molar-refractivity contribution in [3.05, 3.63) is 70.2 Å². The molecule has 0 N–H and O–H groups in total. The maximum absolute atomic E-state index is 12.5. The molecule has 0 saturated carbocycles. The van der Waals surface area contributed by atoms with Crippen LogP contribution in [0.2, 0.25) is 5.02 Å². The normalized spacial score (nSPS) is 12.0. The molecular formula is C20H21ClO3. The van der Waals surface area contributed by atoms with Crippen LogP contribution < -0.4 is 0 Å². The zero-order valence-electron chi connectivity index (χ0n) is 14.1. The van der Waals surface area contributed by atoms with Gasteiger partial charge in [-0.15, -0.1) is 0 Å². The number of ether oxygens (including phenoxy) is 1. The van der Waals surface area contributed by atoms with Gasteiger partial charge in [-0.1, -0.05) is 49.7 Å². The average Bonchev–Trinajstić information content (AvgIpc) is 2.59. The smallest absolute Gasteiger partial charge is 0.313 e. The molecule has 0 unspecified atom stereocenters. The molecule has 0 aliphatic rings. The van der Waals surface area contributed by atoms with Gasteiger partial charge in [-0.05, 0) is 41.3 Å². The molecule has 0 aliphatic heterocycles. The van der Waals surface area contributed by atoms with Crippen molar-refractivity contribution >= 4 is 23.4 Å². The molecule has 1 atom stereocenters. The second-order valence-electron chi connectivity index (χ2n) is 6.03. The van der Waals surface area contributed by atoms with Gasteiger partial charge < -0.3 is 4.74 Å². The fourth-order valence-corrected chi connectivity index (χ4v) is 2.66. The Morgan fingerprint density at radius 2 is 1.50 bits per heavy atom. The zero-order valence-corrected chi connectivity index (χ0v) is 14.8. The number of Topliss-reactive ketones (excluding diaryl/α,β-unsaturated/α-hetero) is 1. The van der Waals surface area contributed by atoms with E-state index in [4.69, 9.17) is 16.3 Å². The molecular weight excluding hydrogens is 324 g/mol. The van der Waals surface area contributed by atoms with Crippen LogP contribution in [0.25, 0.3) is 0 Å². The first-order valence-electron chi connectivity index (χ1n) is 7.88. The van der Waals surface area contributed by atoms with E-state index < -0.39 is 11.9 Å². The molecule has 2 aromatic rings. The summed E-state index contributed by atoms with van der Waals surface area (Å²) in [5.41, 5.74) is 2.51. The van der Waals surface area contributed by atoms with E-state index in [9.17, 15) is 9.59 Å². The molecule has 3 nitrogen and oxygen atoms in total. The summed E-state index contributed by atoms with van der Waals surface area (Å²) in [5.74, 6) is -0.727. The summed E-state index contributed by atoms with van der Waals surface area (Å²) in [4.78, 5) is 24.6. The topological polar surface area (TPSA) is 43.4 Å². The fraction of sp³-hybridized carbons (Fsp3) is 0.300. The maximum atomic E-state index is 12.5. The van der Waals surface area contributed by atoms with Gasteiger partial charge in [0.15, 0.2) is 5.78 Å². The van der Waals surface area contributed by atoms with Crippen molar-refractivity contribution < 1.29 is 14.3 Å². The number of methoxy groups -OCH3 is 1. The Morgan fingerprint density at radius 3 is 2.00 bits per heavy atom. The van der Waals surface area contributed by atoms with E-state index in [0.29, 0.717) is 16.5 Å². The summed E-state index contributed by atoms with van der Waals surface area (Å²) in [5, 5.41) is 0.570. The number of benzene rings is 2. The van der Waals surface area contributed by atoms with E-state index in [0.717, 1.165) is 5.56 Å². The molecule has 0 spiro atoms. The molecule has 0 aromatic heterocycles. The first kappa shape index (κ1) is 18.2. The Bertz CT molecular complexity index is 703. The highest BCUT2D eigenvalue weighted by atomic mass is 35.5. The zero-order chi connectivity index (χ0) is 17.7. The van der Waals surface area contributed by atoms with Gasteiger partial charge in [0.05, 0.1) is 13.0 Å². The van der Waals surface area contributed by atoms with Crippen molar-refractivity contribution in [3.8, 4) is 0 Å². The van der Waals surface area contributed by atoms with E-state index >= 15 is 0 Å². The molecule has 0 amide bonds. The molecule has 2 aromatic carbocycles. The van der Waals surface area contributed by atoms with Gasteiger partial charge in [-0.2, -0.15) is 0 Å². The number of carbonyl (C=O) groups excluding carboxylic acids is 2. The third-order valence-corrected chi connectivity index (χ3v) is 4.30. The Hall–Kier alpha value is -2.13. The molecule has 0 bridgehead atoms. The van der Waals surface area contributed by atoms with E-state index in [-0.39, 0.29) is 12.2 Å². The first-order chi connectivity index (χ1) is 11.4. The van der Waals surface area contributed by atoms with Crippen LogP contribution >= 0.6 is 11.6 Å². The SMILES string of the molecule is COC(=O)[C@@H](CC(=O)c1ccc(Cl)cc1)c1ccc(C(C)C)cc1. The van der Waals surface area contributed by atoms with Crippen LogP contribution in [0.15, 0.2) is 48.5 Å². The number of hydrogen-bond donors (Lipinski definition) is 0. The van der Waals surface area contributed by atoms with Crippen molar-refractivity contribution in [2.45, 2.75) is 32.1 Å². The van der Waals surface area contributed by atoms with Gasteiger partial charge in [0, 0.05) is 17.0 Å². The third kappa shape index (κ3) is 4.45. The lowest BCUT2D eigenvalue weighted by Gasteiger charge is -2.15. The largest absolute Gasteiger partial charge is 0.469 e. The Kier molecular flexibility index (Phi) is 6.16. The quantitative estimate of drug-likeness (QED) is 0.547. The first-order valence-corrected chi connectivity index (χ1v) is 8.26. The summed E-state index contributed by atoms with van der Waals surface area (Å²) in [6.45, 7) is 4.22.